The van der Waals surface area contributed by atoms with E-state index >= 15 is 0 Å². The summed E-state index contributed by atoms with van der Waals surface area (Å²) in [6.07, 6.45) is 4.98. The molecule has 1 aliphatic rings. The van der Waals surface area contributed by atoms with Crippen molar-refractivity contribution in [2.24, 2.45) is 0 Å². The van der Waals surface area contributed by atoms with Crippen molar-refractivity contribution >= 4 is 11.6 Å². The van der Waals surface area contributed by atoms with Crippen LogP contribution in [0.15, 0.2) is 18.2 Å². The molecule has 3 heteroatoms. The van der Waals surface area contributed by atoms with Gasteiger partial charge in [0, 0.05) is 5.54 Å². The average molecular weight is 191 g/mol. The van der Waals surface area contributed by atoms with Crippen LogP contribution in [0.3, 0.4) is 0 Å². The van der Waals surface area contributed by atoms with E-state index < -0.39 is 0 Å². The fourth-order valence-electron chi connectivity index (χ4n) is 1.96. The molecule has 1 aromatic heterocycles. The lowest BCUT2D eigenvalue weighted by molar-refractivity contribution is 0.269. The van der Waals surface area contributed by atoms with Crippen LogP contribution in [0.5, 0.6) is 0 Å². The molecule has 2 rings (SSSR count). The zero-order chi connectivity index (χ0) is 10.0. The van der Waals surface area contributed by atoms with Gasteiger partial charge in [0.2, 0.25) is 0 Å². The largest absolute Gasteiger partial charge is 0.384 e. The predicted octanol–water partition coefficient (Wildman–Crippen LogP) is 2.41. The molecule has 1 heterocycles. The minimum atomic E-state index is 0.292. The monoisotopic (exact) mass is 191 g/mol. The summed E-state index contributed by atoms with van der Waals surface area (Å²) in [6.45, 7) is 2.22. The highest BCUT2D eigenvalue weighted by molar-refractivity contribution is 5.44. The third kappa shape index (κ3) is 1.67. The first-order valence-electron chi connectivity index (χ1n) is 5.25. The molecule has 0 unspecified atom stereocenters. The Morgan fingerprint density at radius 3 is 2.79 bits per heavy atom. The second-order valence-electron chi connectivity index (χ2n) is 4.06. The average Bonchev–Trinajstić information content (AvgIpc) is 2.11. The molecule has 76 valence electrons. The van der Waals surface area contributed by atoms with E-state index in [2.05, 4.69) is 17.2 Å². The second-order valence-corrected chi connectivity index (χ2v) is 4.06. The van der Waals surface area contributed by atoms with Gasteiger partial charge in [-0.05, 0) is 37.8 Å². The van der Waals surface area contributed by atoms with Gasteiger partial charge >= 0.3 is 0 Å². The molecule has 14 heavy (non-hydrogen) atoms. The third-order valence-electron chi connectivity index (χ3n) is 3.15. The van der Waals surface area contributed by atoms with Gasteiger partial charge < -0.3 is 11.1 Å². The minimum absolute atomic E-state index is 0.292. The molecule has 0 aliphatic heterocycles. The molecule has 1 aliphatic carbocycles. The molecule has 1 aromatic rings. The maximum Gasteiger partial charge on any atom is 0.128 e. The normalized spacial score (nSPS) is 18.6. The zero-order valence-corrected chi connectivity index (χ0v) is 8.59. The number of nitrogens with zero attached hydrogens (tertiary/aromatic N) is 1. The molecule has 1 saturated carbocycles. The van der Waals surface area contributed by atoms with Crippen molar-refractivity contribution < 1.29 is 0 Å². The number of hydrogen-bond acceptors (Lipinski definition) is 3. The number of nitrogens with two attached hydrogens (primary N) is 1. The Hall–Kier alpha value is -1.25. The van der Waals surface area contributed by atoms with Gasteiger partial charge in [-0.1, -0.05) is 13.0 Å². The summed E-state index contributed by atoms with van der Waals surface area (Å²) >= 11 is 0. The number of anilines is 2. The van der Waals surface area contributed by atoms with Crippen LogP contribution in [0.25, 0.3) is 0 Å². The van der Waals surface area contributed by atoms with E-state index in [1.807, 2.05) is 18.2 Å². The van der Waals surface area contributed by atoms with Gasteiger partial charge in [0.15, 0.2) is 0 Å². The molecule has 0 radical (unpaired) electrons. The number of hydrogen-bond donors (Lipinski definition) is 2. The first-order valence-corrected chi connectivity index (χ1v) is 5.25. The predicted molar refractivity (Wildman–Crippen MR) is 59.1 cm³/mol. The van der Waals surface area contributed by atoms with E-state index in [-0.39, 0.29) is 0 Å². The second kappa shape index (κ2) is 3.48. The van der Waals surface area contributed by atoms with E-state index in [4.69, 9.17) is 5.73 Å². The lowest BCUT2D eigenvalue weighted by Crippen LogP contribution is -2.44. The smallest absolute Gasteiger partial charge is 0.128 e. The Bertz CT molecular complexity index is 313. The van der Waals surface area contributed by atoms with Crippen molar-refractivity contribution in [3.8, 4) is 0 Å². The molecule has 0 atom stereocenters. The van der Waals surface area contributed by atoms with Gasteiger partial charge in [-0.2, -0.15) is 0 Å². The van der Waals surface area contributed by atoms with Crippen LogP contribution < -0.4 is 11.1 Å². The standard InChI is InChI=1S/C11H17N3/c1-2-11(7-4-8-11)14-10-6-3-5-9(12)13-10/h3,5-6H,2,4,7-8H2,1H3,(H3,12,13,14). The van der Waals surface area contributed by atoms with Crippen LogP contribution >= 0.6 is 0 Å². The first kappa shape index (κ1) is 9.31. The van der Waals surface area contributed by atoms with Gasteiger partial charge in [-0.25, -0.2) is 4.98 Å². The van der Waals surface area contributed by atoms with E-state index in [1.165, 1.54) is 19.3 Å². The van der Waals surface area contributed by atoms with Crippen molar-refractivity contribution in [2.45, 2.75) is 38.1 Å². The molecule has 0 amide bonds. The summed E-state index contributed by atoms with van der Waals surface area (Å²) in [5.41, 5.74) is 5.92. The molecule has 0 saturated heterocycles. The van der Waals surface area contributed by atoms with Crippen LogP contribution in [0.1, 0.15) is 32.6 Å². The van der Waals surface area contributed by atoms with E-state index in [9.17, 15) is 0 Å². The first-order chi connectivity index (χ1) is 6.74. The Labute approximate surface area is 84.7 Å². The van der Waals surface area contributed by atoms with Crippen LogP contribution in [0, 0.1) is 0 Å². The number of nitrogen functional groups attached to an aromatic ring is 1. The summed E-state index contributed by atoms with van der Waals surface area (Å²) in [4.78, 5) is 4.25. The summed E-state index contributed by atoms with van der Waals surface area (Å²) in [5.74, 6) is 1.49. The number of pyridine rings is 1. The Kier molecular flexibility index (Phi) is 2.32. The molecule has 0 bridgehead atoms. The van der Waals surface area contributed by atoms with Crippen molar-refractivity contribution in [1.29, 1.82) is 0 Å². The lowest BCUT2D eigenvalue weighted by atomic mass is 9.75. The summed E-state index contributed by atoms with van der Waals surface area (Å²) < 4.78 is 0. The molecular formula is C11H17N3. The maximum absolute atomic E-state index is 5.63. The van der Waals surface area contributed by atoms with Crippen molar-refractivity contribution in [3.05, 3.63) is 18.2 Å². The van der Waals surface area contributed by atoms with Crippen molar-refractivity contribution in [1.82, 2.24) is 4.98 Å². The fourth-order valence-corrected chi connectivity index (χ4v) is 1.96. The quantitative estimate of drug-likeness (QED) is 0.771. The highest BCUT2D eigenvalue weighted by Gasteiger charge is 2.34. The minimum Gasteiger partial charge on any atom is -0.384 e. The van der Waals surface area contributed by atoms with E-state index in [0.717, 1.165) is 12.2 Å². The summed E-state index contributed by atoms with van der Waals surface area (Å²) in [5, 5.41) is 3.49. The Morgan fingerprint density at radius 1 is 1.50 bits per heavy atom. The number of nitrogens with one attached hydrogen (secondary N) is 1. The summed E-state index contributed by atoms with van der Waals surface area (Å²) in [7, 11) is 0. The molecule has 3 N–H and O–H groups in total. The van der Waals surface area contributed by atoms with Gasteiger partial charge in [0.05, 0.1) is 0 Å². The third-order valence-corrected chi connectivity index (χ3v) is 3.15. The Balaban J connectivity index is 2.09. The molecule has 1 fully saturated rings. The highest BCUT2D eigenvalue weighted by Crippen LogP contribution is 2.37. The number of aromatic nitrogens is 1. The molecule has 0 spiro atoms. The Morgan fingerprint density at radius 2 is 2.29 bits per heavy atom. The maximum atomic E-state index is 5.63. The van der Waals surface area contributed by atoms with Gasteiger partial charge in [0.25, 0.3) is 0 Å². The van der Waals surface area contributed by atoms with Crippen molar-refractivity contribution in [3.63, 3.8) is 0 Å². The molecular weight excluding hydrogens is 174 g/mol. The van der Waals surface area contributed by atoms with Gasteiger partial charge in [0.1, 0.15) is 11.6 Å². The van der Waals surface area contributed by atoms with Crippen LogP contribution in [0.2, 0.25) is 0 Å². The van der Waals surface area contributed by atoms with Crippen LogP contribution in [0.4, 0.5) is 11.6 Å². The van der Waals surface area contributed by atoms with Crippen molar-refractivity contribution in [2.75, 3.05) is 11.1 Å². The topological polar surface area (TPSA) is 50.9 Å². The number of rotatable bonds is 3. The fraction of sp³-hybridized carbons (Fsp3) is 0.545. The van der Waals surface area contributed by atoms with Crippen LogP contribution in [-0.2, 0) is 0 Å². The van der Waals surface area contributed by atoms with Crippen LogP contribution in [-0.4, -0.2) is 10.5 Å². The molecule has 3 nitrogen and oxygen atoms in total. The van der Waals surface area contributed by atoms with E-state index in [1.54, 1.807) is 0 Å². The molecule has 0 aromatic carbocycles. The lowest BCUT2D eigenvalue weighted by Gasteiger charge is -2.42. The van der Waals surface area contributed by atoms with E-state index in [0.29, 0.717) is 11.4 Å². The highest BCUT2D eigenvalue weighted by atomic mass is 15.1. The van der Waals surface area contributed by atoms with Gasteiger partial charge in [-0.15, -0.1) is 0 Å². The summed E-state index contributed by atoms with van der Waals surface area (Å²) in [6, 6.07) is 5.73. The SMILES string of the molecule is CCC1(Nc2cccc(N)n2)CCC1. The zero-order valence-electron chi connectivity index (χ0n) is 8.59. The van der Waals surface area contributed by atoms with Gasteiger partial charge in [-0.3, -0.25) is 0 Å².